The van der Waals surface area contributed by atoms with E-state index in [9.17, 15) is 18.3 Å². The van der Waals surface area contributed by atoms with E-state index in [4.69, 9.17) is 0 Å². The number of rotatable bonds is 3. The van der Waals surface area contributed by atoms with E-state index in [1.54, 1.807) is 12.1 Å². The number of hydrogen-bond donors (Lipinski definition) is 2. The summed E-state index contributed by atoms with van der Waals surface area (Å²) in [7, 11) is -2.21. The number of carbonyl (C=O) groups is 1. The lowest BCUT2D eigenvalue weighted by Crippen LogP contribution is -2.26. The molecule has 0 spiro atoms. The highest BCUT2D eigenvalue weighted by Crippen LogP contribution is 2.24. The smallest absolute Gasteiger partial charge is 0.240 e. The summed E-state index contributed by atoms with van der Waals surface area (Å²) in [6.07, 6.45) is -0.620. The highest BCUT2D eigenvalue weighted by Gasteiger charge is 2.29. The lowest BCUT2D eigenvalue weighted by molar-refractivity contribution is -0.117. The molecule has 7 heteroatoms. The Bertz CT molecular complexity index is 570. The van der Waals surface area contributed by atoms with Crippen LogP contribution in [0.2, 0.25) is 0 Å². The van der Waals surface area contributed by atoms with Gasteiger partial charge in [0, 0.05) is 5.69 Å². The summed E-state index contributed by atoms with van der Waals surface area (Å²) in [4.78, 5) is 13.1. The molecule has 6 nitrogen and oxygen atoms in total. The zero-order valence-corrected chi connectivity index (χ0v) is 10.6. The average molecular weight is 270 g/mol. The van der Waals surface area contributed by atoms with Crippen molar-refractivity contribution in [2.45, 2.75) is 17.4 Å². The van der Waals surface area contributed by atoms with Crippen LogP contribution in [0.5, 0.6) is 0 Å². The van der Waals surface area contributed by atoms with Crippen molar-refractivity contribution >= 4 is 21.6 Å². The first kappa shape index (κ1) is 13.0. The summed E-state index contributed by atoms with van der Waals surface area (Å²) in [5, 5.41) is 9.41. The minimum atomic E-state index is -3.53. The van der Waals surface area contributed by atoms with E-state index in [1.807, 2.05) is 0 Å². The first-order chi connectivity index (χ1) is 8.44. The molecular weight excluding hydrogens is 256 g/mol. The van der Waals surface area contributed by atoms with Gasteiger partial charge in [-0.05, 0) is 25.2 Å². The Balaban J connectivity index is 2.37. The van der Waals surface area contributed by atoms with Crippen molar-refractivity contribution in [3.05, 3.63) is 24.3 Å². The van der Waals surface area contributed by atoms with Crippen LogP contribution in [0.1, 0.15) is 6.42 Å². The number of hydrogen-bond acceptors (Lipinski definition) is 4. The Hall–Kier alpha value is -1.44. The van der Waals surface area contributed by atoms with Crippen molar-refractivity contribution in [3.63, 3.8) is 0 Å². The third-order valence-electron chi connectivity index (χ3n) is 2.81. The Labute approximate surface area is 105 Å². The maximum Gasteiger partial charge on any atom is 0.240 e. The summed E-state index contributed by atoms with van der Waals surface area (Å²) in [5.74, 6) is -0.207. The van der Waals surface area contributed by atoms with Crippen LogP contribution in [-0.4, -0.2) is 39.1 Å². The van der Waals surface area contributed by atoms with Crippen LogP contribution in [0, 0.1) is 0 Å². The monoisotopic (exact) mass is 270 g/mol. The number of benzene rings is 1. The molecule has 1 aliphatic rings. The Morgan fingerprint density at radius 1 is 1.44 bits per heavy atom. The average Bonchev–Trinajstić information content (AvgIpc) is 2.69. The minimum absolute atomic E-state index is 0.0724. The number of carbonyl (C=O) groups excluding carboxylic acids is 1. The Kier molecular flexibility index (Phi) is 3.38. The van der Waals surface area contributed by atoms with E-state index in [0.29, 0.717) is 5.69 Å². The molecule has 1 fully saturated rings. The van der Waals surface area contributed by atoms with E-state index in [-0.39, 0.29) is 23.8 Å². The van der Waals surface area contributed by atoms with Crippen molar-refractivity contribution in [1.29, 1.82) is 0 Å². The lowest BCUT2D eigenvalue weighted by Gasteiger charge is -2.16. The van der Waals surface area contributed by atoms with Crippen LogP contribution in [0.25, 0.3) is 0 Å². The fourth-order valence-electron chi connectivity index (χ4n) is 1.87. The Morgan fingerprint density at radius 2 is 2.17 bits per heavy atom. The third-order valence-corrected chi connectivity index (χ3v) is 4.22. The van der Waals surface area contributed by atoms with Gasteiger partial charge in [0.25, 0.3) is 0 Å². The van der Waals surface area contributed by atoms with E-state index >= 15 is 0 Å². The first-order valence-electron chi connectivity index (χ1n) is 5.46. The largest absolute Gasteiger partial charge is 0.391 e. The van der Waals surface area contributed by atoms with E-state index < -0.39 is 16.1 Å². The molecule has 1 atom stereocenters. The maximum atomic E-state index is 11.6. The van der Waals surface area contributed by atoms with Gasteiger partial charge >= 0.3 is 0 Å². The quantitative estimate of drug-likeness (QED) is 0.789. The zero-order chi connectivity index (χ0) is 13.3. The molecule has 1 aliphatic heterocycles. The van der Waals surface area contributed by atoms with Crippen LogP contribution in [0.15, 0.2) is 29.2 Å². The molecule has 18 heavy (non-hydrogen) atoms. The SMILES string of the molecule is CNS(=O)(=O)c1cccc(N2CC(O)CC2=O)c1. The highest BCUT2D eigenvalue weighted by molar-refractivity contribution is 7.89. The van der Waals surface area contributed by atoms with Crippen molar-refractivity contribution in [1.82, 2.24) is 4.72 Å². The van der Waals surface area contributed by atoms with Gasteiger partial charge in [0.2, 0.25) is 15.9 Å². The molecular formula is C11H14N2O4S. The second-order valence-corrected chi connectivity index (χ2v) is 5.95. The fourth-order valence-corrected chi connectivity index (χ4v) is 2.64. The first-order valence-corrected chi connectivity index (χ1v) is 6.94. The number of β-amino-alcohol motifs (C(OH)–C–C–N with tert-alkyl or cyclic N) is 1. The molecule has 1 saturated heterocycles. The maximum absolute atomic E-state index is 11.6. The molecule has 1 amide bonds. The van der Waals surface area contributed by atoms with Gasteiger partial charge in [-0.15, -0.1) is 0 Å². The molecule has 0 saturated carbocycles. The molecule has 2 N–H and O–H groups in total. The van der Waals surface area contributed by atoms with Crippen LogP contribution in [0.3, 0.4) is 0 Å². The predicted octanol–water partition coefficient (Wildman–Crippen LogP) is -0.308. The lowest BCUT2D eigenvalue weighted by atomic mass is 10.3. The van der Waals surface area contributed by atoms with Crippen molar-refractivity contribution in [2.75, 3.05) is 18.5 Å². The molecule has 1 heterocycles. The summed E-state index contributed by atoms with van der Waals surface area (Å²) >= 11 is 0. The molecule has 0 aliphatic carbocycles. The fraction of sp³-hybridized carbons (Fsp3) is 0.364. The number of nitrogens with one attached hydrogen (secondary N) is 1. The van der Waals surface area contributed by atoms with E-state index in [0.717, 1.165) is 0 Å². The standard InChI is InChI=1S/C11H14N2O4S/c1-12-18(16,17)10-4-2-3-8(5-10)13-7-9(14)6-11(13)15/h2-5,9,12,14H,6-7H2,1H3. The minimum Gasteiger partial charge on any atom is -0.391 e. The molecule has 1 unspecified atom stereocenters. The molecule has 1 aromatic rings. The number of amides is 1. The van der Waals surface area contributed by atoms with Crippen molar-refractivity contribution in [2.24, 2.45) is 0 Å². The number of nitrogens with zero attached hydrogens (tertiary/aromatic N) is 1. The van der Waals surface area contributed by atoms with Crippen LogP contribution in [0.4, 0.5) is 5.69 Å². The zero-order valence-electron chi connectivity index (χ0n) is 9.83. The van der Waals surface area contributed by atoms with Crippen LogP contribution >= 0.6 is 0 Å². The van der Waals surface area contributed by atoms with Crippen LogP contribution in [-0.2, 0) is 14.8 Å². The summed E-state index contributed by atoms with van der Waals surface area (Å²) < 4.78 is 25.5. The van der Waals surface area contributed by atoms with Gasteiger partial charge in [0.1, 0.15) is 0 Å². The van der Waals surface area contributed by atoms with Gasteiger partial charge in [-0.3, -0.25) is 4.79 Å². The molecule has 0 aromatic heterocycles. The van der Waals surface area contributed by atoms with Crippen LogP contribution < -0.4 is 9.62 Å². The molecule has 0 radical (unpaired) electrons. The number of aliphatic hydroxyl groups is 1. The topological polar surface area (TPSA) is 86.7 Å². The number of anilines is 1. The van der Waals surface area contributed by atoms with E-state index in [1.165, 1.54) is 24.1 Å². The van der Waals surface area contributed by atoms with Crippen molar-refractivity contribution in [3.8, 4) is 0 Å². The summed E-state index contributed by atoms with van der Waals surface area (Å²) in [5.41, 5.74) is 0.480. The molecule has 0 bridgehead atoms. The van der Waals surface area contributed by atoms with Gasteiger partial charge in [-0.2, -0.15) is 0 Å². The van der Waals surface area contributed by atoms with Crippen molar-refractivity contribution < 1.29 is 18.3 Å². The third kappa shape index (κ3) is 2.38. The highest BCUT2D eigenvalue weighted by atomic mass is 32.2. The van der Waals surface area contributed by atoms with Gasteiger partial charge < -0.3 is 10.0 Å². The van der Waals surface area contributed by atoms with Gasteiger partial charge in [0.15, 0.2) is 0 Å². The van der Waals surface area contributed by atoms with Gasteiger partial charge in [-0.25, -0.2) is 13.1 Å². The second kappa shape index (κ2) is 4.68. The van der Waals surface area contributed by atoms with E-state index in [2.05, 4.69) is 4.72 Å². The summed E-state index contributed by atoms with van der Waals surface area (Å²) in [6, 6.07) is 6.08. The second-order valence-electron chi connectivity index (χ2n) is 4.07. The Morgan fingerprint density at radius 3 is 2.72 bits per heavy atom. The van der Waals surface area contributed by atoms with Gasteiger partial charge in [-0.1, -0.05) is 6.07 Å². The van der Waals surface area contributed by atoms with Gasteiger partial charge in [0.05, 0.1) is 24.0 Å². The normalized spacial score (nSPS) is 20.4. The molecule has 2 rings (SSSR count). The summed E-state index contributed by atoms with van der Waals surface area (Å²) in [6.45, 7) is 0.196. The molecule has 1 aromatic carbocycles. The molecule has 98 valence electrons. The number of aliphatic hydroxyl groups excluding tert-OH is 1. The number of sulfonamides is 1. The predicted molar refractivity (Wildman–Crippen MR) is 65.7 cm³/mol.